The molecule has 1 saturated heterocycles. The minimum Gasteiger partial charge on any atom is -0.376 e. The molecule has 2 heterocycles. The number of halogens is 1. The van der Waals surface area contributed by atoms with Gasteiger partial charge in [-0.15, -0.1) is 0 Å². The minimum absolute atomic E-state index is 0.0414. The van der Waals surface area contributed by atoms with Gasteiger partial charge in [-0.25, -0.2) is 4.39 Å². The molecule has 1 amide bonds. The summed E-state index contributed by atoms with van der Waals surface area (Å²) in [6.07, 6.45) is 3.14. The van der Waals surface area contributed by atoms with E-state index in [1.54, 1.807) is 6.07 Å². The number of hydrogen-bond donors (Lipinski definition) is 1. The summed E-state index contributed by atoms with van der Waals surface area (Å²) < 4.78 is 19.2. The Morgan fingerprint density at radius 3 is 3.00 bits per heavy atom. The van der Waals surface area contributed by atoms with Crippen LogP contribution in [0.4, 0.5) is 15.8 Å². The van der Waals surface area contributed by atoms with Gasteiger partial charge in [0.25, 0.3) is 0 Å². The van der Waals surface area contributed by atoms with Crippen LogP contribution in [0.3, 0.4) is 0 Å². The lowest BCUT2D eigenvalue weighted by Gasteiger charge is -2.25. The molecule has 0 spiro atoms. The molecule has 23 heavy (non-hydrogen) atoms. The van der Waals surface area contributed by atoms with Gasteiger partial charge in [0.15, 0.2) is 0 Å². The van der Waals surface area contributed by atoms with Gasteiger partial charge in [0.2, 0.25) is 5.91 Å². The Morgan fingerprint density at radius 2 is 2.22 bits per heavy atom. The first kappa shape index (κ1) is 16.1. The third-order valence-electron chi connectivity index (χ3n) is 4.50. The smallest absolute Gasteiger partial charge is 0.239 e. The second-order valence-electron chi connectivity index (χ2n) is 6.27. The van der Waals surface area contributed by atoms with E-state index in [2.05, 4.69) is 10.2 Å². The predicted molar refractivity (Wildman–Crippen MR) is 88.5 cm³/mol. The maximum absolute atomic E-state index is 13.7. The summed E-state index contributed by atoms with van der Waals surface area (Å²) in [4.78, 5) is 16.3. The van der Waals surface area contributed by atoms with Crippen molar-refractivity contribution in [3.63, 3.8) is 0 Å². The third-order valence-corrected chi connectivity index (χ3v) is 4.50. The van der Waals surface area contributed by atoms with Gasteiger partial charge in [0.05, 0.1) is 24.0 Å². The van der Waals surface area contributed by atoms with Gasteiger partial charge in [0, 0.05) is 33.3 Å². The number of benzene rings is 1. The van der Waals surface area contributed by atoms with Gasteiger partial charge in [-0.3, -0.25) is 4.79 Å². The summed E-state index contributed by atoms with van der Waals surface area (Å²) in [5.41, 5.74) is 1.76. The molecule has 1 atom stereocenters. The summed E-state index contributed by atoms with van der Waals surface area (Å²) in [6.45, 7) is 3.23. The van der Waals surface area contributed by atoms with Crippen LogP contribution in [0.5, 0.6) is 0 Å². The van der Waals surface area contributed by atoms with Crippen molar-refractivity contribution in [2.24, 2.45) is 0 Å². The summed E-state index contributed by atoms with van der Waals surface area (Å²) in [5.74, 6) is -0.316. The topological polar surface area (TPSA) is 44.8 Å². The van der Waals surface area contributed by atoms with Crippen molar-refractivity contribution >= 4 is 17.3 Å². The highest BCUT2D eigenvalue weighted by atomic mass is 19.1. The molecular formula is C17H24FN3O2. The van der Waals surface area contributed by atoms with E-state index in [-0.39, 0.29) is 24.4 Å². The highest BCUT2D eigenvalue weighted by Gasteiger charge is 2.22. The van der Waals surface area contributed by atoms with Crippen molar-refractivity contribution in [1.82, 2.24) is 5.32 Å². The Morgan fingerprint density at radius 1 is 1.35 bits per heavy atom. The summed E-state index contributed by atoms with van der Waals surface area (Å²) in [5, 5.41) is 2.94. The van der Waals surface area contributed by atoms with Crippen LogP contribution in [0.25, 0.3) is 0 Å². The molecule has 2 aliphatic rings. The fraction of sp³-hybridized carbons (Fsp3) is 0.588. The van der Waals surface area contributed by atoms with Crippen LogP contribution in [0.15, 0.2) is 18.2 Å². The van der Waals surface area contributed by atoms with E-state index >= 15 is 0 Å². The van der Waals surface area contributed by atoms with E-state index in [1.807, 2.05) is 11.9 Å². The molecule has 5 nitrogen and oxygen atoms in total. The molecule has 6 heteroatoms. The summed E-state index contributed by atoms with van der Waals surface area (Å²) in [6, 6.07) is 4.77. The number of nitrogens with zero attached hydrogens (tertiary/aromatic N) is 2. The largest absolute Gasteiger partial charge is 0.376 e. The average molecular weight is 321 g/mol. The maximum atomic E-state index is 13.7. The molecular weight excluding hydrogens is 297 g/mol. The highest BCUT2D eigenvalue weighted by molar-refractivity contribution is 5.84. The Labute approximate surface area is 136 Å². The van der Waals surface area contributed by atoms with Crippen LogP contribution in [-0.2, 0) is 9.53 Å². The number of carbonyl (C=O) groups is 1. The normalized spacial score (nSPS) is 21.0. The summed E-state index contributed by atoms with van der Waals surface area (Å²) >= 11 is 0. The second kappa shape index (κ2) is 7.17. The van der Waals surface area contributed by atoms with E-state index in [1.165, 1.54) is 12.1 Å². The molecule has 1 N–H and O–H groups in total. The second-order valence-corrected chi connectivity index (χ2v) is 6.27. The molecule has 0 aromatic heterocycles. The van der Waals surface area contributed by atoms with Crippen LogP contribution in [0.2, 0.25) is 0 Å². The Hall–Kier alpha value is -1.82. The summed E-state index contributed by atoms with van der Waals surface area (Å²) in [7, 11) is 2.00. The molecule has 2 aliphatic heterocycles. The zero-order valence-corrected chi connectivity index (χ0v) is 13.6. The zero-order valence-electron chi connectivity index (χ0n) is 13.6. The minimum atomic E-state index is -0.274. The third kappa shape index (κ3) is 3.93. The van der Waals surface area contributed by atoms with Crippen LogP contribution >= 0.6 is 0 Å². The number of rotatable bonds is 4. The number of anilines is 2. The lowest BCUT2D eigenvalue weighted by atomic mass is 10.2. The van der Waals surface area contributed by atoms with Crippen molar-refractivity contribution in [2.45, 2.75) is 25.4 Å². The Bertz CT molecular complexity index is 561. The molecule has 1 fully saturated rings. The van der Waals surface area contributed by atoms with E-state index in [0.717, 1.165) is 50.3 Å². The number of fused-ring (bicyclic) bond motifs is 1. The monoisotopic (exact) mass is 321 g/mol. The Balaban J connectivity index is 1.65. The van der Waals surface area contributed by atoms with Crippen molar-refractivity contribution in [3.05, 3.63) is 24.0 Å². The number of amides is 1. The van der Waals surface area contributed by atoms with E-state index in [9.17, 15) is 9.18 Å². The molecule has 0 radical (unpaired) electrons. The van der Waals surface area contributed by atoms with E-state index in [4.69, 9.17) is 4.74 Å². The molecule has 3 rings (SSSR count). The van der Waals surface area contributed by atoms with Gasteiger partial charge in [-0.2, -0.15) is 0 Å². The number of ether oxygens (including phenoxy) is 1. The van der Waals surface area contributed by atoms with Gasteiger partial charge in [-0.1, -0.05) is 0 Å². The van der Waals surface area contributed by atoms with Crippen molar-refractivity contribution < 1.29 is 13.9 Å². The van der Waals surface area contributed by atoms with Gasteiger partial charge in [0.1, 0.15) is 5.82 Å². The zero-order chi connectivity index (χ0) is 16.2. The number of nitrogens with one attached hydrogen (secondary N) is 1. The first-order valence-corrected chi connectivity index (χ1v) is 8.27. The van der Waals surface area contributed by atoms with Gasteiger partial charge in [-0.05, 0) is 37.5 Å². The predicted octanol–water partition coefficient (Wildman–Crippen LogP) is 1.77. The molecule has 1 aromatic carbocycles. The highest BCUT2D eigenvalue weighted by Crippen LogP contribution is 2.32. The van der Waals surface area contributed by atoms with Crippen molar-refractivity contribution in [3.8, 4) is 0 Å². The fourth-order valence-corrected chi connectivity index (χ4v) is 3.24. The molecule has 0 bridgehead atoms. The molecule has 0 aliphatic carbocycles. The van der Waals surface area contributed by atoms with Crippen LogP contribution in [0, 0.1) is 5.82 Å². The molecule has 0 saturated carbocycles. The quantitative estimate of drug-likeness (QED) is 0.918. The standard InChI is InChI=1S/C17H24FN3O2/c1-20-7-3-8-21(16-10-13(18)5-6-15(16)20)12-17(22)19-11-14-4-2-9-23-14/h5-6,10,14H,2-4,7-9,11-12H2,1H3,(H,19,22)/t14-/m1/s1. The lowest BCUT2D eigenvalue weighted by Crippen LogP contribution is -2.40. The number of carbonyl (C=O) groups excluding carboxylic acids is 1. The average Bonchev–Trinajstić information content (AvgIpc) is 3.00. The van der Waals surface area contributed by atoms with Crippen LogP contribution < -0.4 is 15.1 Å². The van der Waals surface area contributed by atoms with E-state index in [0.29, 0.717) is 6.54 Å². The van der Waals surface area contributed by atoms with E-state index < -0.39 is 0 Å². The fourth-order valence-electron chi connectivity index (χ4n) is 3.24. The molecule has 0 unspecified atom stereocenters. The van der Waals surface area contributed by atoms with Gasteiger partial charge >= 0.3 is 0 Å². The maximum Gasteiger partial charge on any atom is 0.239 e. The number of hydrogen-bond acceptors (Lipinski definition) is 4. The van der Waals surface area contributed by atoms with Crippen LogP contribution in [-0.4, -0.2) is 51.8 Å². The van der Waals surface area contributed by atoms with Gasteiger partial charge < -0.3 is 19.9 Å². The first-order chi connectivity index (χ1) is 11.1. The first-order valence-electron chi connectivity index (χ1n) is 8.27. The van der Waals surface area contributed by atoms with Crippen molar-refractivity contribution in [2.75, 3.05) is 49.6 Å². The SMILES string of the molecule is CN1CCCN(CC(=O)NC[C@H]2CCCO2)c2cc(F)ccc21. The lowest BCUT2D eigenvalue weighted by molar-refractivity contribution is -0.120. The molecule has 1 aromatic rings. The van der Waals surface area contributed by atoms with Crippen LogP contribution in [0.1, 0.15) is 19.3 Å². The Kier molecular flexibility index (Phi) is 5.00. The van der Waals surface area contributed by atoms with Crippen molar-refractivity contribution in [1.29, 1.82) is 0 Å². The molecule has 126 valence electrons.